The average molecular weight is 270 g/mol. The summed E-state index contributed by atoms with van der Waals surface area (Å²) in [5, 5.41) is 8.72. The maximum atomic E-state index is 13.9. The lowest BCUT2D eigenvalue weighted by atomic mass is 10.00. The lowest BCUT2D eigenvalue weighted by Crippen LogP contribution is -2.05. The van der Waals surface area contributed by atoms with Crippen molar-refractivity contribution in [3.63, 3.8) is 0 Å². The van der Waals surface area contributed by atoms with Crippen LogP contribution in [0, 0.1) is 23.3 Å². The van der Waals surface area contributed by atoms with Gasteiger partial charge in [0.05, 0.1) is 16.7 Å². The van der Waals surface area contributed by atoms with Crippen LogP contribution in [0.4, 0.5) is 17.6 Å². The second-order valence-corrected chi connectivity index (χ2v) is 3.69. The number of benzene rings is 2. The van der Waals surface area contributed by atoms with E-state index in [2.05, 4.69) is 0 Å². The number of hydrogen-bond donors (Lipinski definition) is 1. The van der Waals surface area contributed by atoms with Gasteiger partial charge in [-0.1, -0.05) is 6.07 Å². The highest BCUT2D eigenvalue weighted by Gasteiger charge is 2.23. The summed E-state index contributed by atoms with van der Waals surface area (Å²) in [6.07, 6.45) is 0. The van der Waals surface area contributed by atoms with Gasteiger partial charge in [-0.05, 0) is 24.3 Å². The summed E-state index contributed by atoms with van der Waals surface area (Å²) in [5.41, 5.74) is -2.82. The highest BCUT2D eigenvalue weighted by atomic mass is 19.1. The zero-order valence-corrected chi connectivity index (χ0v) is 9.25. The van der Waals surface area contributed by atoms with E-state index in [1.165, 1.54) is 0 Å². The first-order valence-electron chi connectivity index (χ1n) is 5.09. The molecule has 0 aromatic heterocycles. The maximum Gasteiger partial charge on any atom is 0.338 e. The van der Waals surface area contributed by atoms with Gasteiger partial charge in [0.25, 0.3) is 0 Å². The van der Waals surface area contributed by atoms with Crippen LogP contribution in [0.15, 0.2) is 30.3 Å². The smallest absolute Gasteiger partial charge is 0.338 e. The third kappa shape index (κ3) is 2.16. The minimum Gasteiger partial charge on any atom is -0.478 e. The SMILES string of the molecule is O=C(O)c1ccc(F)c(-c2c(F)cccc2F)c1F. The number of halogens is 4. The summed E-state index contributed by atoms with van der Waals surface area (Å²) >= 11 is 0. The number of carboxylic acids is 1. The number of carbonyl (C=O) groups is 1. The number of carboxylic acid groups (broad SMARTS) is 1. The first kappa shape index (κ1) is 13.1. The molecule has 2 aromatic rings. The number of hydrogen-bond acceptors (Lipinski definition) is 1. The standard InChI is InChI=1S/C13H6F4O2/c14-7-2-1-3-8(15)10(7)11-9(16)5-4-6(12(11)17)13(18)19/h1-5H,(H,18,19). The maximum absolute atomic E-state index is 13.9. The predicted octanol–water partition coefficient (Wildman–Crippen LogP) is 3.61. The third-order valence-electron chi connectivity index (χ3n) is 2.53. The first-order chi connectivity index (χ1) is 8.93. The van der Waals surface area contributed by atoms with Crippen LogP contribution in [-0.2, 0) is 0 Å². The molecule has 0 spiro atoms. The van der Waals surface area contributed by atoms with Crippen LogP contribution >= 0.6 is 0 Å². The molecule has 2 nitrogen and oxygen atoms in total. The first-order valence-corrected chi connectivity index (χ1v) is 5.09. The Kier molecular flexibility index (Phi) is 3.25. The third-order valence-corrected chi connectivity index (χ3v) is 2.53. The van der Waals surface area contributed by atoms with Gasteiger partial charge in [-0.25, -0.2) is 22.4 Å². The van der Waals surface area contributed by atoms with Gasteiger partial charge in [-0.15, -0.1) is 0 Å². The molecule has 2 aromatic carbocycles. The lowest BCUT2D eigenvalue weighted by molar-refractivity contribution is 0.0692. The van der Waals surface area contributed by atoms with E-state index in [-0.39, 0.29) is 0 Å². The second kappa shape index (κ2) is 4.72. The summed E-state index contributed by atoms with van der Waals surface area (Å²) < 4.78 is 54.5. The van der Waals surface area contributed by atoms with Gasteiger partial charge < -0.3 is 5.11 Å². The Labute approximate surface area is 104 Å². The molecule has 98 valence electrons. The van der Waals surface area contributed by atoms with Crippen molar-refractivity contribution in [1.82, 2.24) is 0 Å². The van der Waals surface area contributed by atoms with Crippen molar-refractivity contribution >= 4 is 5.97 Å². The minimum atomic E-state index is -1.66. The van der Waals surface area contributed by atoms with Gasteiger partial charge in [0.2, 0.25) is 0 Å². The van der Waals surface area contributed by atoms with Crippen molar-refractivity contribution < 1.29 is 27.5 Å². The van der Waals surface area contributed by atoms with Gasteiger partial charge in [0.1, 0.15) is 23.3 Å². The molecule has 0 bridgehead atoms. The number of aromatic carboxylic acids is 1. The summed E-state index contributed by atoms with van der Waals surface area (Å²) in [5.74, 6) is -6.78. The molecular formula is C13H6F4O2. The summed E-state index contributed by atoms with van der Waals surface area (Å²) in [6, 6.07) is 4.02. The van der Waals surface area contributed by atoms with E-state index >= 15 is 0 Å². The Hall–Kier alpha value is -2.37. The topological polar surface area (TPSA) is 37.3 Å². The molecule has 6 heteroatoms. The average Bonchev–Trinajstić information content (AvgIpc) is 2.32. The summed E-state index contributed by atoms with van der Waals surface area (Å²) in [6.45, 7) is 0. The molecule has 19 heavy (non-hydrogen) atoms. The molecule has 0 fully saturated rings. The van der Waals surface area contributed by atoms with E-state index in [0.29, 0.717) is 12.1 Å². The van der Waals surface area contributed by atoms with Crippen molar-refractivity contribution in [2.45, 2.75) is 0 Å². The Morgan fingerprint density at radius 3 is 1.89 bits per heavy atom. The molecule has 0 saturated carbocycles. The molecule has 2 rings (SSSR count). The molecule has 1 N–H and O–H groups in total. The van der Waals surface area contributed by atoms with Crippen molar-refractivity contribution in [2.75, 3.05) is 0 Å². The Morgan fingerprint density at radius 1 is 0.842 bits per heavy atom. The molecule has 0 heterocycles. The fourth-order valence-corrected chi connectivity index (χ4v) is 1.68. The second-order valence-electron chi connectivity index (χ2n) is 3.69. The van der Waals surface area contributed by atoms with E-state index in [4.69, 9.17) is 5.11 Å². The van der Waals surface area contributed by atoms with E-state index in [1.54, 1.807) is 0 Å². The molecule has 0 aliphatic heterocycles. The molecule has 0 atom stereocenters. The summed E-state index contributed by atoms with van der Waals surface area (Å²) in [4.78, 5) is 10.7. The van der Waals surface area contributed by atoms with Crippen molar-refractivity contribution in [3.8, 4) is 11.1 Å². The zero-order chi connectivity index (χ0) is 14.2. The fraction of sp³-hybridized carbons (Fsp3) is 0. The van der Waals surface area contributed by atoms with Crippen LogP contribution in [0.1, 0.15) is 10.4 Å². The minimum absolute atomic E-state index is 0.647. The monoisotopic (exact) mass is 270 g/mol. The molecule has 0 unspecified atom stereocenters. The van der Waals surface area contributed by atoms with Crippen LogP contribution in [-0.4, -0.2) is 11.1 Å². The van der Waals surface area contributed by atoms with Gasteiger partial charge in [-0.2, -0.15) is 0 Å². The van der Waals surface area contributed by atoms with Crippen LogP contribution in [0.2, 0.25) is 0 Å². The van der Waals surface area contributed by atoms with Crippen LogP contribution < -0.4 is 0 Å². The van der Waals surface area contributed by atoms with Gasteiger partial charge in [0, 0.05) is 0 Å². The largest absolute Gasteiger partial charge is 0.478 e. The quantitative estimate of drug-likeness (QED) is 0.846. The highest BCUT2D eigenvalue weighted by Crippen LogP contribution is 2.32. The molecule has 0 aliphatic carbocycles. The van der Waals surface area contributed by atoms with E-state index in [9.17, 15) is 22.4 Å². The Balaban J connectivity index is 2.82. The normalized spacial score (nSPS) is 10.5. The van der Waals surface area contributed by atoms with E-state index in [1.807, 2.05) is 0 Å². The number of rotatable bonds is 2. The predicted molar refractivity (Wildman–Crippen MR) is 58.7 cm³/mol. The Morgan fingerprint density at radius 2 is 1.37 bits per heavy atom. The van der Waals surface area contributed by atoms with Gasteiger partial charge >= 0.3 is 5.97 Å². The summed E-state index contributed by atoms with van der Waals surface area (Å²) in [7, 11) is 0. The molecule has 0 radical (unpaired) electrons. The van der Waals surface area contributed by atoms with Crippen LogP contribution in [0.3, 0.4) is 0 Å². The van der Waals surface area contributed by atoms with Crippen LogP contribution in [0.5, 0.6) is 0 Å². The van der Waals surface area contributed by atoms with Gasteiger partial charge in [-0.3, -0.25) is 0 Å². The van der Waals surface area contributed by atoms with Gasteiger partial charge in [0.15, 0.2) is 0 Å². The molecular weight excluding hydrogens is 264 g/mol. The van der Waals surface area contributed by atoms with Crippen molar-refractivity contribution in [2.24, 2.45) is 0 Å². The highest BCUT2D eigenvalue weighted by molar-refractivity contribution is 5.90. The Bertz CT molecular complexity index is 648. The van der Waals surface area contributed by atoms with Crippen molar-refractivity contribution in [3.05, 3.63) is 59.2 Å². The zero-order valence-electron chi connectivity index (χ0n) is 9.25. The lowest BCUT2D eigenvalue weighted by Gasteiger charge is -2.09. The molecule has 0 saturated heterocycles. The van der Waals surface area contributed by atoms with Crippen molar-refractivity contribution in [1.29, 1.82) is 0 Å². The van der Waals surface area contributed by atoms with Crippen LogP contribution in [0.25, 0.3) is 11.1 Å². The molecule has 0 amide bonds. The molecule has 0 aliphatic rings. The van der Waals surface area contributed by atoms with E-state index in [0.717, 1.165) is 18.2 Å². The fourth-order valence-electron chi connectivity index (χ4n) is 1.68. The van der Waals surface area contributed by atoms with E-state index < -0.39 is 45.9 Å².